The molecule has 0 unspecified atom stereocenters. The van der Waals surface area contributed by atoms with Gasteiger partial charge >= 0.3 is 5.97 Å². The summed E-state index contributed by atoms with van der Waals surface area (Å²) in [5, 5.41) is 0. The van der Waals surface area contributed by atoms with Gasteiger partial charge in [-0.05, 0) is 23.6 Å². The van der Waals surface area contributed by atoms with Crippen molar-refractivity contribution in [1.29, 1.82) is 0 Å². The first-order valence-corrected chi connectivity index (χ1v) is 4.33. The maximum absolute atomic E-state index is 11.1. The van der Waals surface area contributed by atoms with Crippen LogP contribution in [0.1, 0.15) is 43.1 Å². The number of hydrogen-bond donors (Lipinski definition) is 0. The van der Waals surface area contributed by atoms with Gasteiger partial charge in [-0.3, -0.25) is 0 Å². The van der Waals surface area contributed by atoms with Crippen LogP contribution in [0.5, 0.6) is 0 Å². The number of esters is 1. The lowest BCUT2D eigenvalue weighted by Gasteiger charge is -2.05. The van der Waals surface area contributed by atoms with E-state index >= 15 is 0 Å². The Morgan fingerprint density at radius 3 is 2.07 bits per heavy atom. The lowest BCUT2D eigenvalue weighted by molar-refractivity contribution is 0.0600. The highest BCUT2D eigenvalue weighted by Gasteiger charge is 2.05. The average molecular weight is 194 g/mol. The van der Waals surface area contributed by atoms with Crippen LogP contribution >= 0.6 is 0 Å². The second-order valence-corrected chi connectivity index (χ2v) is 3.27. The number of hydrogen-bond acceptors (Lipinski definition) is 2. The molecule has 0 saturated carbocycles. The SMILES string of the molecule is C.COC(=O)c1ccc(C(C)C)cc1. The van der Waals surface area contributed by atoms with Crippen LogP contribution in [0.2, 0.25) is 0 Å². The molecule has 0 amide bonds. The molecular formula is C12H18O2. The van der Waals surface area contributed by atoms with Crippen LogP contribution in [0.3, 0.4) is 0 Å². The second kappa shape index (κ2) is 5.43. The third kappa shape index (κ3) is 2.87. The first-order valence-electron chi connectivity index (χ1n) is 4.33. The Labute approximate surface area is 85.9 Å². The molecule has 0 fully saturated rings. The van der Waals surface area contributed by atoms with Crippen LogP contribution in [-0.4, -0.2) is 13.1 Å². The topological polar surface area (TPSA) is 26.3 Å². The van der Waals surface area contributed by atoms with Crippen LogP contribution in [0, 0.1) is 0 Å². The zero-order valence-electron chi connectivity index (χ0n) is 8.20. The van der Waals surface area contributed by atoms with Gasteiger partial charge in [0.05, 0.1) is 12.7 Å². The van der Waals surface area contributed by atoms with Crippen LogP contribution in [0.25, 0.3) is 0 Å². The minimum Gasteiger partial charge on any atom is -0.465 e. The lowest BCUT2D eigenvalue weighted by Crippen LogP contribution is -2.01. The first-order chi connectivity index (χ1) is 6.15. The minimum atomic E-state index is -0.282. The molecule has 0 saturated heterocycles. The van der Waals surface area contributed by atoms with Crippen LogP contribution in [0.4, 0.5) is 0 Å². The van der Waals surface area contributed by atoms with Gasteiger partial charge in [0.15, 0.2) is 0 Å². The number of ether oxygens (including phenoxy) is 1. The molecule has 1 aromatic rings. The minimum absolute atomic E-state index is 0. The fourth-order valence-corrected chi connectivity index (χ4v) is 1.12. The Hall–Kier alpha value is -1.31. The van der Waals surface area contributed by atoms with Crippen molar-refractivity contribution in [3.8, 4) is 0 Å². The molecular weight excluding hydrogens is 176 g/mol. The Morgan fingerprint density at radius 2 is 1.71 bits per heavy atom. The molecule has 0 radical (unpaired) electrons. The van der Waals surface area contributed by atoms with Crippen molar-refractivity contribution in [2.75, 3.05) is 7.11 Å². The molecule has 0 spiro atoms. The summed E-state index contributed by atoms with van der Waals surface area (Å²) in [5.74, 6) is 0.210. The predicted octanol–water partition coefficient (Wildman–Crippen LogP) is 3.23. The molecule has 0 atom stereocenters. The van der Waals surface area contributed by atoms with Gasteiger partial charge in [-0.2, -0.15) is 0 Å². The van der Waals surface area contributed by atoms with E-state index in [1.807, 2.05) is 12.1 Å². The van der Waals surface area contributed by atoms with Gasteiger partial charge < -0.3 is 4.74 Å². The van der Waals surface area contributed by atoms with Gasteiger partial charge in [0.25, 0.3) is 0 Å². The summed E-state index contributed by atoms with van der Waals surface area (Å²) >= 11 is 0. The molecule has 0 heterocycles. The Morgan fingerprint density at radius 1 is 1.21 bits per heavy atom. The van der Waals surface area contributed by atoms with Crippen molar-refractivity contribution in [2.24, 2.45) is 0 Å². The van der Waals surface area contributed by atoms with E-state index in [4.69, 9.17) is 0 Å². The second-order valence-electron chi connectivity index (χ2n) is 3.27. The molecule has 0 aliphatic heterocycles. The average Bonchev–Trinajstić information content (AvgIpc) is 2.17. The molecule has 0 aliphatic rings. The lowest BCUT2D eigenvalue weighted by atomic mass is 10.0. The fourth-order valence-electron chi connectivity index (χ4n) is 1.12. The zero-order valence-corrected chi connectivity index (χ0v) is 8.20. The van der Waals surface area contributed by atoms with E-state index in [1.54, 1.807) is 12.1 Å². The van der Waals surface area contributed by atoms with Gasteiger partial charge in [0, 0.05) is 0 Å². The molecule has 2 heteroatoms. The van der Waals surface area contributed by atoms with E-state index in [2.05, 4.69) is 18.6 Å². The molecule has 0 bridgehead atoms. The molecule has 0 aliphatic carbocycles. The maximum Gasteiger partial charge on any atom is 0.337 e. The summed E-state index contributed by atoms with van der Waals surface area (Å²) in [7, 11) is 1.39. The van der Waals surface area contributed by atoms with E-state index in [0.29, 0.717) is 11.5 Å². The van der Waals surface area contributed by atoms with Gasteiger partial charge in [-0.1, -0.05) is 33.4 Å². The van der Waals surface area contributed by atoms with Crippen molar-refractivity contribution < 1.29 is 9.53 Å². The molecule has 1 rings (SSSR count). The van der Waals surface area contributed by atoms with E-state index in [-0.39, 0.29) is 13.4 Å². The molecule has 0 aromatic heterocycles. The van der Waals surface area contributed by atoms with E-state index in [0.717, 1.165) is 0 Å². The summed E-state index contributed by atoms with van der Waals surface area (Å²) in [6, 6.07) is 7.50. The van der Waals surface area contributed by atoms with Crippen LogP contribution in [-0.2, 0) is 4.74 Å². The summed E-state index contributed by atoms with van der Waals surface area (Å²) in [4.78, 5) is 11.1. The van der Waals surface area contributed by atoms with Gasteiger partial charge in [0.2, 0.25) is 0 Å². The van der Waals surface area contributed by atoms with Crippen molar-refractivity contribution in [2.45, 2.75) is 27.2 Å². The van der Waals surface area contributed by atoms with Gasteiger partial charge in [0.1, 0.15) is 0 Å². The zero-order chi connectivity index (χ0) is 9.84. The quantitative estimate of drug-likeness (QED) is 0.675. The summed E-state index contributed by atoms with van der Waals surface area (Å²) in [5.41, 5.74) is 1.83. The fraction of sp³-hybridized carbons (Fsp3) is 0.417. The number of rotatable bonds is 2. The van der Waals surface area contributed by atoms with E-state index < -0.39 is 0 Å². The Bertz CT molecular complexity index is 286. The van der Waals surface area contributed by atoms with Gasteiger partial charge in [-0.25, -0.2) is 4.79 Å². The van der Waals surface area contributed by atoms with Crippen molar-refractivity contribution in [3.05, 3.63) is 35.4 Å². The van der Waals surface area contributed by atoms with Crippen molar-refractivity contribution in [3.63, 3.8) is 0 Å². The first kappa shape index (κ1) is 12.7. The number of methoxy groups -OCH3 is 1. The standard InChI is InChI=1S/C11H14O2.CH4/c1-8(2)9-4-6-10(7-5-9)11(12)13-3;/h4-8H,1-3H3;1H4. The third-order valence-electron chi connectivity index (χ3n) is 2.00. The predicted molar refractivity (Wildman–Crippen MR) is 58.6 cm³/mol. The highest BCUT2D eigenvalue weighted by Crippen LogP contribution is 2.14. The molecule has 78 valence electrons. The largest absolute Gasteiger partial charge is 0.465 e. The van der Waals surface area contributed by atoms with E-state index in [1.165, 1.54) is 12.7 Å². The highest BCUT2D eigenvalue weighted by molar-refractivity contribution is 5.89. The molecule has 2 nitrogen and oxygen atoms in total. The van der Waals surface area contributed by atoms with Crippen LogP contribution < -0.4 is 0 Å². The highest BCUT2D eigenvalue weighted by atomic mass is 16.5. The number of carbonyl (C=O) groups excluding carboxylic acids is 1. The Kier molecular flexibility index (Phi) is 4.92. The molecule has 14 heavy (non-hydrogen) atoms. The third-order valence-corrected chi connectivity index (χ3v) is 2.00. The monoisotopic (exact) mass is 194 g/mol. The van der Waals surface area contributed by atoms with Crippen molar-refractivity contribution >= 4 is 5.97 Å². The van der Waals surface area contributed by atoms with E-state index in [9.17, 15) is 4.79 Å². The summed E-state index contributed by atoms with van der Waals surface area (Å²) in [6.07, 6.45) is 0. The number of carbonyl (C=O) groups is 1. The van der Waals surface area contributed by atoms with Crippen LogP contribution in [0.15, 0.2) is 24.3 Å². The molecule has 0 N–H and O–H groups in total. The normalized spacial score (nSPS) is 9.43. The smallest absolute Gasteiger partial charge is 0.337 e. The molecule has 1 aromatic carbocycles. The number of benzene rings is 1. The van der Waals surface area contributed by atoms with Gasteiger partial charge in [-0.15, -0.1) is 0 Å². The summed E-state index contributed by atoms with van der Waals surface area (Å²) in [6.45, 7) is 4.24. The maximum atomic E-state index is 11.1. The summed E-state index contributed by atoms with van der Waals surface area (Å²) < 4.78 is 4.60. The van der Waals surface area contributed by atoms with Crippen molar-refractivity contribution in [1.82, 2.24) is 0 Å². The Balaban J connectivity index is 0.00000169.